The molecule has 0 aromatic rings. The van der Waals surface area contributed by atoms with Crippen LogP contribution in [-0.4, -0.2) is 52.8 Å². The molecule has 0 N–H and O–H groups in total. The van der Waals surface area contributed by atoms with Gasteiger partial charge in [0.1, 0.15) is 0 Å². The van der Waals surface area contributed by atoms with Gasteiger partial charge in [0.05, 0.1) is 0 Å². The van der Waals surface area contributed by atoms with Crippen LogP contribution >= 0.6 is 0 Å². The largest absolute Gasteiger partial charge is 0 e. The molecule has 0 aromatic heterocycles. The molecular weight excluding hydrogens is 552 g/mol. The molecule has 0 spiro atoms. The number of hydrogen-bond acceptors (Lipinski definition) is 0. The van der Waals surface area contributed by atoms with Crippen LogP contribution in [0, 0.1) is 74.6 Å². The molecule has 0 aromatic carbocycles. The van der Waals surface area contributed by atoms with Gasteiger partial charge in [-0.25, -0.2) is 0 Å². The first-order chi connectivity index (χ1) is 0. The zero-order valence-electron chi connectivity index (χ0n) is 2.08. The summed E-state index contributed by atoms with van der Waals surface area (Å²) in [6, 6.07) is 0. The first-order valence-corrected chi connectivity index (χ1v) is 0. The fraction of sp³-hybridized carbons (Fsp3) is 0. The van der Waals surface area contributed by atoms with E-state index in [-0.39, 0.29) is 127 Å². The first kappa shape index (κ1) is 35.4. The Hall–Kier alpha value is 4.12. The fourth-order valence-electron chi connectivity index (χ4n) is 0. The van der Waals surface area contributed by atoms with E-state index in [1.807, 2.05) is 0 Å². The Kier molecular flexibility index (Phi) is 172. The van der Waals surface area contributed by atoms with Gasteiger partial charge in [0, 0.05) is 127 Å². The molecule has 0 nitrogen and oxygen atoms in total. The van der Waals surface area contributed by atoms with Crippen LogP contribution < -0.4 is 0 Å². The van der Waals surface area contributed by atoms with E-state index in [0.29, 0.717) is 0 Å². The SMILES string of the molecule is [Er].[Er].[Ge].[Ge].[Ge]. The standard InChI is InChI=1S/2Er.3Ge. The van der Waals surface area contributed by atoms with Gasteiger partial charge in [-0.3, -0.25) is 0 Å². The Morgan fingerprint density at radius 2 is 0.400 bits per heavy atom. The van der Waals surface area contributed by atoms with Crippen molar-refractivity contribution in [1.82, 2.24) is 0 Å². The second-order valence-electron chi connectivity index (χ2n) is 0. The molecule has 0 rings (SSSR count). The van der Waals surface area contributed by atoms with Crippen molar-refractivity contribution in [2.75, 3.05) is 0 Å². The van der Waals surface area contributed by atoms with Crippen LogP contribution in [0.5, 0.6) is 0 Å². The molecule has 0 saturated heterocycles. The molecule has 0 aliphatic rings. The summed E-state index contributed by atoms with van der Waals surface area (Å²) in [6.45, 7) is 0. The quantitative estimate of drug-likeness (QED) is 0.334. The van der Waals surface area contributed by atoms with Crippen molar-refractivity contribution in [3.05, 3.63) is 0 Å². The van der Waals surface area contributed by atoms with E-state index >= 15 is 0 Å². The van der Waals surface area contributed by atoms with Gasteiger partial charge < -0.3 is 0 Å². The average molecular weight is 552 g/mol. The maximum Gasteiger partial charge on any atom is 0 e. The van der Waals surface area contributed by atoms with Gasteiger partial charge in [0.2, 0.25) is 0 Å². The van der Waals surface area contributed by atoms with Crippen LogP contribution in [-0.2, 0) is 0 Å². The molecule has 0 aliphatic heterocycles. The molecule has 0 bridgehead atoms. The van der Waals surface area contributed by atoms with Gasteiger partial charge in [-0.15, -0.1) is 0 Å². The maximum atomic E-state index is 0. The minimum absolute atomic E-state index is 0. The summed E-state index contributed by atoms with van der Waals surface area (Å²) >= 11 is 0. The summed E-state index contributed by atoms with van der Waals surface area (Å²) in [4.78, 5) is 0. The minimum atomic E-state index is 0. The van der Waals surface area contributed by atoms with Crippen molar-refractivity contribution in [2.24, 2.45) is 0 Å². The summed E-state index contributed by atoms with van der Waals surface area (Å²) < 4.78 is 0. The summed E-state index contributed by atoms with van der Waals surface area (Å²) in [5, 5.41) is 0. The Morgan fingerprint density at radius 1 is 0.400 bits per heavy atom. The predicted molar refractivity (Wildman–Crippen MR) is 17.3 cm³/mol. The third-order valence-electron chi connectivity index (χ3n) is 0. The molecule has 0 fully saturated rings. The van der Waals surface area contributed by atoms with Crippen molar-refractivity contribution in [3.8, 4) is 0 Å². The van der Waals surface area contributed by atoms with E-state index in [4.69, 9.17) is 0 Å². The van der Waals surface area contributed by atoms with Gasteiger partial charge in [-0.2, -0.15) is 0 Å². The summed E-state index contributed by atoms with van der Waals surface area (Å²) in [6.07, 6.45) is 0. The molecule has 0 amide bonds. The fourth-order valence-corrected chi connectivity index (χ4v) is 0. The van der Waals surface area contributed by atoms with Crippen LogP contribution in [0.2, 0.25) is 0 Å². The minimum Gasteiger partial charge on any atom is 0 e. The Balaban J connectivity index is 0. The predicted octanol–water partition coefficient (Wildman–Crippen LogP) is -1.14. The Morgan fingerprint density at radius 3 is 0.400 bits per heavy atom. The van der Waals surface area contributed by atoms with E-state index in [9.17, 15) is 0 Å². The third kappa shape index (κ3) is 17.9. The zero-order valence-corrected chi connectivity index (χ0v) is 12.1. The topological polar surface area (TPSA) is 0 Å². The van der Waals surface area contributed by atoms with E-state index in [2.05, 4.69) is 0 Å². The van der Waals surface area contributed by atoms with Crippen molar-refractivity contribution in [1.29, 1.82) is 0 Å². The second-order valence-corrected chi connectivity index (χ2v) is 0. The summed E-state index contributed by atoms with van der Waals surface area (Å²) in [5.41, 5.74) is 0. The Bertz CT molecular complexity index is 4.85. The molecule has 0 saturated carbocycles. The zero-order chi connectivity index (χ0) is 0. The van der Waals surface area contributed by atoms with Crippen molar-refractivity contribution in [2.45, 2.75) is 0 Å². The molecular formula is Er2Ge3. The van der Waals surface area contributed by atoms with Crippen molar-refractivity contribution < 1.29 is 74.6 Å². The average Bonchev–Trinajstić information content (AvgIpc) is 0. The maximum absolute atomic E-state index is 0. The molecule has 5 heteroatoms. The molecule has 0 aliphatic carbocycles. The summed E-state index contributed by atoms with van der Waals surface area (Å²) in [7, 11) is 0. The van der Waals surface area contributed by atoms with Gasteiger partial charge in [-0.1, -0.05) is 0 Å². The van der Waals surface area contributed by atoms with Gasteiger partial charge in [0.15, 0.2) is 0 Å². The normalized spacial score (nSPS) is 0. The first-order valence-electron chi connectivity index (χ1n) is 0. The van der Waals surface area contributed by atoms with Gasteiger partial charge in [-0.05, 0) is 0 Å². The van der Waals surface area contributed by atoms with Crippen LogP contribution in [0.1, 0.15) is 0 Å². The van der Waals surface area contributed by atoms with Crippen molar-refractivity contribution >= 4 is 52.8 Å². The van der Waals surface area contributed by atoms with Crippen LogP contribution in [0.15, 0.2) is 0 Å². The molecule has 0 atom stereocenters. The van der Waals surface area contributed by atoms with E-state index in [1.165, 1.54) is 0 Å². The smallest absolute Gasteiger partial charge is 0 e. The molecule has 5 heavy (non-hydrogen) atoms. The van der Waals surface area contributed by atoms with Crippen LogP contribution in [0.3, 0.4) is 0 Å². The third-order valence-corrected chi connectivity index (χ3v) is 0. The number of hydrogen-bond donors (Lipinski definition) is 0. The molecule has 0 unspecified atom stereocenters. The van der Waals surface area contributed by atoms with Crippen LogP contribution in [0.4, 0.5) is 0 Å². The summed E-state index contributed by atoms with van der Waals surface area (Å²) in [5.74, 6) is 0. The second kappa shape index (κ2) is 24.2. The van der Waals surface area contributed by atoms with Crippen molar-refractivity contribution in [3.63, 3.8) is 0 Å². The van der Waals surface area contributed by atoms with Crippen LogP contribution in [0.25, 0.3) is 0 Å². The molecule has 12 radical (unpaired) electrons. The van der Waals surface area contributed by atoms with E-state index in [0.717, 1.165) is 0 Å². The molecule has 0 heterocycles. The van der Waals surface area contributed by atoms with E-state index < -0.39 is 0 Å². The van der Waals surface area contributed by atoms with Gasteiger partial charge in [0.25, 0.3) is 0 Å². The molecule has 36 valence electrons. The Labute approximate surface area is 124 Å². The number of rotatable bonds is 0. The van der Waals surface area contributed by atoms with E-state index in [1.54, 1.807) is 0 Å². The van der Waals surface area contributed by atoms with Gasteiger partial charge >= 0.3 is 0 Å². The monoisotopic (exact) mass is 554 g/mol.